The number of likely N-dealkylation sites (N-methyl/N-ethyl adjacent to an activating group) is 1. The smallest absolute Gasteiger partial charge is 0.410 e. The van der Waals surface area contributed by atoms with Crippen LogP contribution < -0.4 is 47.1 Å². The molecule has 34 nitrogen and oxygen atoms in total. The molecule has 4 fully saturated rings. The fourth-order valence-corrected chi connectivity index (χ4v) is 18.9. The molecule has 124 heavy (non-hydrogen) atoms. The number of hydroxylamine groups is 1. The third-order valence-electron chi connectivity index (χ3n) is 22.1. The maximum atomic E-state index is 14.7. The molecule has 4 saturated heterocycles. The zero-order valence-electron chi connectivity index (χ0n) is 72.4. The molecule has 5 amide bonds. The number of nitrogens with one attached hydrogen (secondary N) is 4. The van der Waals surface area contributed by atoms with E-state index in [-0.39, 0.29) is 128 Å². The van der Waals surface area contributed by atoms with E-state index in [0.29, 0.717) is 51.9 Å². The lowest BCUT2D eigenvalue weighted by Gasteiger charge is -2.47. The minimum Gasteiger partial charge on any atom is -0.492 e. The molecule has 0 radical (unpaired) electrons. The summed E-state index contributed by atoms with van der Waals surface area (Å²) < 4.78 is 74.7. The number of aliphatic hydroxyl groups is 5. The lowest BCUT2D eigenvalue weighted by atomic mass is 9.72. The van der Waals surface area contributed by atoms with Gasteiger partial charge >= 0.3 is 12.1 Å². The van der Waals surface area contributed by atoms with Gasteiger partial charge in [0.05, 0.1) is 90.3 Å². The highest BCUT2D eigenvalue weighted by Gasteiger charge is 2.53. The highest BCUT2D eigenvalue weighted by atomic mass is 127. The van der Waals surface area contributed by atoms with Crippen molar-refractivity contribution >= 4 is 114 Å². The van der Waals surface area contributed by atoms with Crippen molar-refractivity contribution in [3.05, 3.63) is 79.5 Å². The van der Waals surface area contributed by atoms with Crippen LogP contribution in [-0.2, 0) is 82.8 Å². The van der Waals surface area contributed by atoms with Crippen molar-refractivity contribution in [3.63, 3.8) is 0 Å². The van der Waals surface area contributed by atoms with Crippen LogP contribution in [0.4, 0.5) is 15.3 Å². The second-order valence-corrected chi connectivity index (χ2v) is 36.5. The molecule has 4 aliphatic heterocycles. The van der Waals surface area contributed by atoms with Crippen molar-refractivity contribution < 1.29 is 130 Å². The number of nitrogens with two attached hydrogens (primary N) is 2. The van der Waals surface area contributed by atoms with Crippen LogP contribution in [0.25, 0.3) is 0 Å². The largest absolute Gasteiger partial charge is 0.492 e. The van der Waals surface area contributed by atoms with Crippen molar-refractivity contribution in [1.82, 2.24) is 21.0 Å². The highest BCUT2D eigenvalue weighted by molar-refractivity contribution is 14.1. The van der Waals surface area contributed by atoms with E-state index in [4.69, 9.17) is 73.1 Å². The number of ketones is 4. The summed E-state index contributed by atoms with van der Waals surface area (Å²) in [4.78, 5) is 130. The number of hydrogen-bond donors (Lipinski definition) is 11. The van der Waals surface area contributed by atoms with Gasteiger partial charge in [0.25, 0.3) is 0 Å². The Labute approximate surface area is 749 Å². The van der Waals surface area contributed by atoms with Gasteiger partial charge in [0.1, 0.15) is 54.8 Å². The maximum absolute atomic E-state index is 14.7. The monoisotopic (exact) mass is 1910 g/mol. The lowest BCUT2D eigenvalue weighted by molar-refractivity contribution is -0.337. The number of primary amides is 1. The van der Waals surface area contributed by atoms with Crippen molar-refractivity contribution in [1.29, 1.82) is 0 Å². The Morgan fingerprint density at radius 2 is 1.48 bits per heavy atom. The van der Waals surface area contributed by atoms with E-state index < -0.39 is 180 Å². The molecule has 13 N–H and O–H groups in total. The van der Waals surface area contributed by atoms with Crippen molar-refractivity contribution in [2.75, 3.05) is 71.5 Å². The van der Waals surface area contributed by atoms with E-state index in [1.165, 1.54) is 70.1 Å². The average molecular weight is 1910 g/mol. The normalized spacial score (nSPS) is 28.7. The number of fused-ring (bicyclic) bond motifs is 2. The number of allylic oxidation sites excluding steroid dienone is 3. The predicted octanol–water partition coefficient (Wildman–Crippen LogP) is 6.48. The van der Waals surface area contributed by atoms with Crippen LogP contribution in [0, 0.1) is 51.9 Å². The maximum Gasteiger partial charge on any atom is 0.410 e. The van der Waals surface area contributed by atoms with Crippen LogP contribution in [0.2, 0.25) is 0 Å². The van der Waals surface area contributed by atoms with Gasteiger partial charge in [-0.3, -0.25) is 33.6 Å². The zero-order valence-corrected chi connectivity index (χ0v) is 77.0. The Bertz CT molecular complexity index is 4260. The number of nitrogens with zero attached hydrogens (tertiary/aromatic N) is 1. The number of hydrogen-bond acceptors (Lipinski definition) is 32. The third kappa shape index (κ3) is 27.1. The van der Waals surface area contributed by atoms with E-state index in [1.54, 1.807) is 89.6 Å². The molecule has 6 aliphatic rings. The van der Waals surface area contributed by atoms with Gasteiger partial charge in [0, 0.05) is 105 Å². The van der Waals surface area contributed by atoms with Gasteiger partial charge in [0.15, 0.2) is 47.5 Å². The molecule has 0 spiro atoms. The number of rotatable bonds is 43. The molecule has 2 bridgehead atoms. The number of benzene rings is 2. The van der Waals surface area contributed by atoms with Crippen LogP contribution in [0.3, 0.4) is 0 Å². The van der Waals surface area contributed by atoms with Crippen LogP contribution >= 0.6 is 55.9 Å². The summed E-state index contributed by atoms with van der Waals surface area (Å²) in [5, 5.41) is 66.0. The van der Waals surface area contributed by atoms with Crippen molar-refractivity contribution in [3.8, 4) is 40.9 Å². The number of methoxy groups -OCH3 is 4. The molecule has 8 rings (SSSR count). The molecule has 686 valence electrons. The summed E-state index contributed by atoms with van der Waals surface area (Å²) in [6.07, 6.45) is -14.1. The fourth-order valence-electron chi connectivity index (χ4n) is 15.6. The standard InChI is InChI=1S/C86H120IN7O27S3/c1-15-94(85(107)114-42-51-27-29-54(30-28-51)91-79(103)53(25-23-34-90-84(89)106)38-58(97)68(44(3)4)92-80(104)52(36-45(5)95)24-20-22-33-88)57-43-113-63(40-62(57)109-11)119-76-71(101)69(48(8)116-83(76)118-61-26-19-17-18-21-32-86(108)41-60(99)55(37-46(6)96)66(61)56(86)31-35-123-122-16-2)93-121-64-39-59(98)78(50(10)115-64)124-81(105)65-47(7)67(87)74(77(112-14)73(65)110-12)120-82-72(102)75(111-13)70(100)49(9)117-82/h17-18,27-31,44,48-50,52-53,57,59,61-64,68-72,75-76,78,82-83,93,98,100-102,108H,15-16,20,22-25,33-43,88H2,1-14H3,(H,91,103)(H,92,104)(H3,89,90,106)/b18-17-,56-31+/t48-,49+,50-,52-,53-,57+,59+,61+,62+,63+,64+,68+,69-,70+,71+,72-,75-,76-,78-,82+,83+,86+/m1/s1. The van der Waals surface area contributed by atoms with Gasteiger partial charge in [0.2, 0.25) is 29.0 Å². The third-order valence-corrected chi connectivity index (χ3v) is 27.1. The summed E-state index contributed by atoms with van der Waals surface area (Å²) >= 11 is 2.77. The molecule has 2 aromatic rings. The topological polar surface area (TPSA) is 478 Å². The molecule has 0 saturated carbocycles. The number of urea groups is 1. The van der Waals surface area contributed by atoms with Crippen molar-refractivity contribution in [2.24, 2.45) is 29.2 Å². The summed E-state index contributed by atoms with van der Waals surface area (Å²) in [6, 6.07) is 2.75. The Hall–Kier alpha value is -6.85. The zero-order chi connectivity index (χ0) is 91.0. The Kier molecular flexibility index (Phi) is 40.6. The fraction of sp³-hybridized carbons (Fsp3) is 0.640. The van der Waals surface area contributed by atoms with Gasteiger partial charge in [-0.25, -0.2) is 9.59 Å². The summed E-state index contributed by atoms with van der Waals surface area (Å²) in [5.74, 6) is 8.40. The quantitative estimate of drug-likeness (QED) is 0.0111. The first kappa shape index (κ1) is 103. The molecule has 38 heteroatoms. The first-order chi connectivity index (χ1) is 59.1. The average Bonchev–Trinajstić information content (AvgIpc) is 0.764. The Morgan fingerprint density at radius 3 is 2.12 bits per heavy atom. The molecule has 22 atom stereocenters. The van der Waals surface area contributed by atoms with Crippen LogP contribution in [0.5, 0.6) is 17.2 Å². The number of carbonyl (C=O) groups excluding carboxylic acids is 9. The molecule has 2 aliphatic carbocycles. The first-order valence-corrected chi connectivity index (χ1v) is 45.9. The van der Waals surface area contributed by atoms with Crippen molar-refractivity contribution in [2.45, 2.75) is 268 Å². The number of carbonyl (C=O) groups is 9. The van der Waals surface area contributed by atoms with Gasteiger partial charge in [-0.2, -0.15) is 5.48 Å². The number of anilines is 1. The molecular weight excluding hydrogens is 1790 g/mol. The minimum atomic E-state index is -2.07. The molecule has 4 heterocycles. The Morgan fingerprint density at radius 1 is 0.790 bits per heavy atom. The number of aliphatic hydroxyl groups excluding tert-OH is 4. The minimum absolute atomic E-state index is 0.000428. The van der Waals surface area contributed by atoms with Crippen LogP contribution in [0.1, 0.15) is 154 Å². The number of Topliss-reactive ketones (excluding diaryl/α,β-unsaturated/α-hetero) is 4. The summed E-state index contributed by atoms with van der Waals surface area (Å²) in [5.41, 5.74) is 13.5. The number of unbranched alkanes of at least 4 members (excludes halogenated alkanes) is 1. The van der Waals surface area contributed by atoms with E-state index in [2.05, 4.69) is 45.1 Å². The number of halogens is 1. The van der Waals surface area contributed by atoms with Gasteiger partial charge < -0.3 is 119 Å². The van der Waals surface area contributed by atoms with E-state index in [0.717, 1.165) is 17.5 Å². The highest BCUT2D eigenvalue weighted by Crippen LogP contribution is 2.50. The first-order valence-electron chi connectivity index (χ1n) is 41.5. The molecule has 0 unspecified atom stereocenters. The van der Waals surface area contributed by atoms with Crippen LogP contribution in [0.15, 0.2) is 59.2 Å². The summed E-state index contributed by atoms with van der Waals surface area (Å²) in [7, 11) is 8.51. The molecule has 0 aromatic heterocycles. The second kappa shape index (κ2) is 49.1. The predicted molar refractivity (Wildman–Crippen MR) is 469 cm³/mol. The SMILES string of the molecule is CCSSC/C=C1\C2=C(CC(C)=O)C(=O)C[C@@]1(O)C#C/C=C\C#C[C@@H]2O[C@@H]1O[C@H](C)[C@@H](NO[C@H]2C[C@H](O)[C@H](SC(=O)c3c(C)c(I)c(O[C@@H]4O[C@@H](C)[C@H](O)[C@@H](OC)[C@H]4O)c(OC)c3OC)[C@@H](C)O2)[C@H](O)[C@H]1O[C@H]1C[C@H](OC)[C@@H](N(CC)C(=O)OCc2ccc(NC(=O)[C@H](CCCNC(N)=O)CC(=O)[C@@H](NC(=O)[C@H](CCCCN)CC(C)=O)C(C)C)cc2)CO1. The van der Waals surface area contributed by atoms with Gasteiger partial charge in [-0.1, -0.05) is 102 Å². The lowest BCUT2D eigenvalue weighted by Crippen LogP contribution is -2.65. The van der Waals surface area contributed by atoms with Crippen LogP contribution in [-0.4, -0.2) is 270 Å². The van der Waals surface area contributed by atoms with E-state index in [1.807, 2.05) is 29.5 Å². The number of ether oxygens (including phenoxy) is 12. The molecule has 2 aromatic carbocycles. The number of amides is 5. The number of thioether (sulfide) groups is 1. The van der Waals surface area contributed by atoms with Gasteiger partial charge in [-0.05, 0) is 145 Å². The second-order valence-electron chi connectivity index (χ2n) is 31.5. The Balaban J connectivity index is 0.988. The van der Waals surface area contributed by atoms with E-state index in [9.17, 15) is 68.7 Å². The van der Waals surface area contributed by atoms with Gasteiger partial charge in [-0.15, -0.1) is 0 Å². The van der Waals surface area contributed by atoms with E-state index >= 15 is 0 Å². The molecular formula is C86H120IN7O27S3. The summed E-state index contributed by atoms with van der Waals surface area (Å²) in [6.45, 7) is 16.7.